The van der Waals surface area contributed by atoms with Crippen molar-refractivity contribution >= 4 is 16.8 Å². The molecule has 0 atom stereocenters. The molecule has 0 fully saturated rings. The molecule has 2 heteroatoms. The van der Waals surface area contributed by atoms with Crippen molar-refractivity contribution in [3.63, 3.8) is 0 Å². The summed E-state index contributed by atoms with van der Waals surface area (Å²) in [5.74, 6) is 0.471. The molecule has 0 spiro atoms. The maximum Gasteiger partial charge on any atom is 0.196 e. The highest BCUT2D eigenvalue weighted by Crippen LogP contribution is 2.24. The van der Waals surface area contributed by atoms with E-state index in [1.807, 2.05) is 48.5 Å². The minimum Gasteiger partial charge on any atom is -0.464 e. The van der Waals surface area contributed by atoms with Crippen molar-refractivity contribution < 1.29 is 9.21 Å². The quantitative estimate of drug-likeness (QED) is 0.637. The maximum atomic E-state index is 12.5. The van der Waals surface area contributed by atoms with Crippen molar-refractivity contribution in [3.05, 3.63) is 71.5 Å². The van der Waals surface area contributed by atoms with Crippen molar-refractivity contribution in [1.29, 1.82) is 0 Å². The molecule has 2 nitrogen and oxygen atoms in total. The molecule has 3 aromatic rings. The third kappa shape index (κ3) is 2.14. The Hall–Kier alpha value is -2.35. The Morgan fingerprint density at radius 3 is 2.40 bits per heavy atom. The maximum absolute atomic E-state index is 12.5. The standard InChI is InChI=1S/C18H16O2/c1-12(2)13-7-9-14(10-8-13)18(19)16-11-20-17-6-4-3-5-15(16)17/h3-12H,1-2H3. The van der Waals surface area contributed by atoms with Gasteiger partial charge in [-0.1, -0.05) is 56.3 Å². The fourth-order valence-electron chi connectivity index (χ4n) is 2.33. The predicted molar refractivity (Wildman–Crippen MR) is 80.2 cm³/mol. The molecule has 0 saturated heterocycles. The van der Waals surface area contributed by atoms with Crippen molar-refractivity contribution in [1.82, 2.24) is 0 Å². The summed E-state index contributed by atoms with van der Waals surface area (Å²) < 4.78 is 5.43. The molecule has 0 aliphatic carbocycles. The second kappa shape index (κ2) is 4.97. The summed E-state index contributed by atoms with van der Waals surface area (Å²) >= 11 is 0. The van der Waals surface area contributed by atoms with Crippen LogP contribution >= 0.6 is 0 Å². The first kappa shape index (κ1) is 12.7. The van der Waals surface area contributed by atoms with Crippen LogP contribution in [-0.2, 0) is 0 Å². The first-order chi connectivity index (χ1) is 9.66. The number of carbonyl (C=O) groups is 1. The molecule has 3 rings (SSSR count). The molecule has 0 unspecified atom stereocenters. The summed E-state index contributed by atoms with van der Waals surface area (Å²) in [4.78, 5) is 12.5. The van der Waals surface area contributed by atoms with E-state index in [4.69, 9.17) is 4.42 Å². The van der Waals surface area contributed by atoms with E-state index in [1.165, 1.54) is 5.56 Å². The topological polar surface area (TPSA) is 30.2 Å². The van der Waals surface area contributed by atoms with E-state index < -0.39 is 0 Å². The normalized spacial score (nSPS) is 11.2. The Morgan fingerprint density at radius 2 is 1.70 bits per heavy atom. The zero-order chi connectivity index (χ0) is 14.1. The van der Waals surface area contributed by atoms with Crippen LogP contribution < -0.4 is 0 Å². The second-order valence-corrected chi connectivity index (χ2v) is 5.25. The molecular weight excluding hydrogens is 248 g/mol. The van der Waals surface area contributed by atoms with Crippen LogP contribution in [0, 0.1) is 0 Å². The number of hydrogen-bond acceptors (Lipinski definition) is 2. The Labute approximate surface area is 118 Å². The van der Waals surface area contributed by atoms with Gasteiger partial charge >= 0.3 is 0 Å². The number of ketones is 1. The molecule has 20 heavy (non-hydrogen) atoms. The molecular formula is C18H16O2. The van der Waals surface area contributed by atoms with Gasteiger partial charge in [0.25, 0.3) is 0 Å². The van der Waals surface area contributed by atoms with Gasteiger partial charge in [-0.3, -0.25) is 4.79 Å². The number of benzene rings is 2. The van der Waals surface area contributed by atoms with Crippen LogP contribution in [0.1, 0.15) is 41.3 Å². The first-order valence-electron chi connectivity index (χ1n) is 6.77. The van der Waals surface area contributed by atoms with Gasteiger partial charge in [0.1, 0.15) is 11.8 Å². The summed E-state index contributed by atoms with van der Waals surface area (Å²) in [6.45, 7) is 4.28. The van der Waals surface area contributed by atoms with Gasteiger partial charge < -0.3 is 4.42 Å². The molecule has 2 aromatic carbocycles. The molecule has 1 heterocycles. The molecule has 100 valence electrons. The largest absolute Gasteiger partial charge is 0.464 e. The zero-order valence-corrected chi connectivity index (χ0v) is 11.6. The van der Waals surface area contributed by atoms with E-state index in [0.29, 0.717) is 17.0 Å². The minimum atomic E-state index is 0.00487. The summed E-state index contributed by atoms with van der Waals surface area (Å²) in [6.07, 6.45) is 1.54. The average Bonchev–Trinajstić information content (AvgIpc) is 2.90. The van der Waals surface area contributed by atoms with E-state index in [1.54, 1.807) is 6.26 Å². The lowest BCUT2D eigenvalue weighted by Crippen LogP contribution is -2.00. The van der Waals surface area contributed by atoms with E-state index in [-0.39, 0.29) is 5.78 Å². The van der Waals surface area contributed by atoms with Gasteiger partial charge in [0.2, 0.25) is 0 Å². The van der Waals surface area contributed by atoms with Crippen molar-refractivity contribution in [3.8, 4) is 0 Å². The van der Waals surface area contributed by atoms with Crippen LogP contribution in [0.15, 0.2) is 59.2 Å². The van der Waals surface area contributed by atoms with Gasteiger partial charge in [-0.05, 0) is 17.5 Å². The van der Waals surface area contributed by atoms with Gasteiger partial charge in [0.05, 0.1) is 5.56 Å². The van der Waals surface area contributed by atoms with E-state index in [9.17, 15) is 4.79 Å². The molecule has 0 saturated carbocycles. The second-order valence-electron chi connectivity index (χ2n) is 5.25. The predicted octanol–water partition coefficient (Wildman–Crippen LogP) is 4.79. The summed E-state index contributed by atoms with van der Waals surface area (Å²) in [6, 6.07) is 15.4. The zero-order valence-electron chi connectivity index (χ0n) is 11.6. The Balaban J connectivity index is 2.00. The fraction of sp³-hybridized carbons (Fsp3) is 0.167. The van der Waals surface area contributed by atoms with Gasteiger partial charge in [-0.15, -0.1) is 0 Å². The van der Waals surface area contributed by atoms with Crippen molar-refractivity contribution in [2.75, 3.05) is 0 Å². The summed E-state index contributed by atoms with van der Waals surface area (Å²) in [5.41, 5.74) is 3.30. The molecule has 0 aliphatic rings. The molecule has 0 radical (unpaired) electrons. The van der Waals surface area contributed by atoms with Crippen LogP contribution in [-0.4, -0.2) is 5.78 Å². The SMILES string of the molecule is CC(C)c1ccc(C(=O)c2coc3ccccc23)cc1. The summed E-state index contributed by atoms with van der Waals surface area (Å²) in [5, 5.41) is 0.866. The molecule has 0 amide bonds. The number of para-hydroxylation sites is 1. The van der Waals surface area contributed by atoms with Gasteiger partial charge in [0.15, 0.2) is 5.78 Å². The number of rotatable bonds is 3. The number of carbonyl (C=O) groups excluding carboxylic acids is 1. The lowest BCUT2D eigenvalue weighted by molar-refractivity contribution is 0.103. The number of furan rings is 1. The Kier molecular flexibility index (Phi) is 3.15. The number of hydrogen-bond donors (Lipinski definition) is 0. The smallest absolute Gasteiger partial charge is 0.196 e. The van der Waals surface area contributed by atoms with E-state index in [0.717, 1.165) is 11.0 Å². The van der Waals surface area contributed by atoms with Gasteiger partial charge in [-0.25, -0.2) is 0 Å². The summed E-state index contributed by atoms with van der Waals surface area (Å²) in [7, 11) is 0. The van der Waals surface area contributed by atoms with E-state index >= 15 is 0 Å². The Morgan fingerprint density at radius 1 is 1.00 bits per heavy atom. The highest BCUT2D eigenvalue weighted by molar-refractivity contribution is 6.15. The van der Waals surface area contributed by atoms with Crippen LogP contribution in [0.3, 0.4) is 0 Å². The van der Waals surface area contributed by atoms with Crippen LogP contribution in [0.5, 0.6) is 0 Å². The van der Waals surface area contributed by atoms with Crippen LogP contribution in [0.4, 0.5) is 0 Å². The average molecular weight is 264 g/mol. The van der Waals surface area contributed by atoms with Crippen molar-refractivity contribution in [2.45, 2.75) is 19.8 Å². The molecule has 1 aromatic heterocycles. The number of fused-ring (bicyclic) bond motifs is 1. The van der Waals surface area contributed by atoms with Crippen LogP contribution in [0.2, 0.25) is 0 Å². The Bertz CT molecular complexity index is 748. The monoisotopic (exact) mass is 264 g/mol. The highest BCUT2D eigenvalue weighted by atomic mass is 16.3. The third-order valence-corrected chi connectivity index (χ3v) is 3.57. The molecule has 0 bridgehead atoms. The molecule has 0 N–H and O–H groups in total. The lowest BCUT2D eigenvalue weighted by atomic mass is 9.98. The first-order valence-corrected chi connectivity index (χ1v) is 6.77. The van der Waals surface area contributed by atoms with Gasteiger partial charge in [-0.2, -0.15) is 0 Å². The van der Waals surface area contributed by atoms with Crippen LogP contribution in [0.25, 0.3) is 11.0 Å². The molecule has 0 aliphatic heterocycles. The highest BCUT2D eigenvalue weighted by Gasteiger charge is 2.15. The van der Waals surface area contributed by atoms with E-state index in [2.05, 4.69) is 13.8 Å². The lowest BCUT2D eigenvalue weighted by Gasteiger charge is -2.05. The fourth-order valence-corrected chi connectivity index (χ4v) is 2.33. The van der Waals surface area contributed by atoms with Gasteiger partial charge in [0, 0.05) is 10.9 Å². The minimum absolute atomic E-state index is 0.00487. The third-order valence-electron chi connectivity index (χ3n) is 3.57. The van der Waals surface area contributed by atoms with Crippen molar-refractivity contribution in [2.24, 2.45) is 0 Å².